The van der Waals surface area contributed by atoms with Crippen molar-refractivity contribution in [2.24, 2.45) is 11.8 Å². The third kappa shape index (κ3) is 2.17. The molecule has 0 spiro atoms. The fraction of sp³-hybridized carbons (Fsp3) is 0.846. The second-order valence-corrected chi connectivity index (χ2v) is 5.85. The van der Waals surface area contributed by atoms with Crippen LogP contribution in [0.1, 0.15) is 40.5 Å². The zero-order valence-corrected chi connectivity index (χ0v) is 11.1. The van der Waals surface area contributed by atoms with Crippen molar-refractivity contribution in [3.05, 3.63) is 0 Å². The Hall–Kier alpha value is -1.06. The Morgan fingerprint density at radius 3 is 2.18 bits per heavy atom. The number of amides is 2. The minimum atomic E-state index is -0.347. The molecule has 0 radical (unpaired) electrons. The minimum absolute atomic E-state index is 0.0412. The van der Waals surface area contributed by atoms with E-state index in [0.29, 0.717) is 5.92 Å². The van der Waals surface area contributed by atoms with Gasteiger partial charge in [0.2, 0.25) is 11.8 Å². The highest BCUT2D eigenvalue weighted by Gasteiger charge is 2.49. The summed E-state index contributed by atoms with van der Waals surface area (Å²) < 4.78 is 0. The molecule has 2 aliphatic rings. The van der Waals surface area contributed by atoms with Crippen molar-refractivity contribution in [2.45, 2.75) is 58.7 Å². The van der Waals surface area contributed by atoms with E-state index in [4.69, 9.17) is 0 Å². The molecule has 4 nitrogen and oxygen atoms in total. The van der Waals surface area contributed by atoms with Crippen molar-refractivity contribution in [3.8, 4) is 0 Å². The van der Waals surface area contributed by atoms with Crippen LogP contribution in [-0.4, -0.2) is 34.8 Å². The topological polar surface area (TPSA) is 49.4 Å². The first kappa shape index (κ1) is 12.4. The molecule has 1 N–H and O–H groups in total. The van der Waals surface area contributed by atoms with E-state index >= 15 is 0 Å². The van der Waals surface area contributed by atoms with Gasteiger partial charge in [-0.15, -0.1) is 0 Å². The van der Waals surface area contributed by atoms with Gasteiger partial charge in [-0.3, -0.25) is 9.59 Å². The molecule has 1 aliphatic carbocycles. The summed E-state index contributed by atoms with van der Waals surface area (Å²) in [5, 5.41) is 2.89. The van der Waals surface area contributed by atoms with Crippen LogP contribution in [0.15, 0.2) is 0 Å². The van der Waals surface area contributed by atoms with Gasteiger partial charge < -0.3 is 10.2 Å². The number of nitrogens with zero attached hydrogens (tertiary/aromatic N) is 1. The molecular weight excluding hydrogens is 216 g/mol. The molecule has 1 heterocycles. The Labute approximate surface area is 103 Å². The monoisotopic (exact) mass is 238 g/mol. The van der Waals surface area contributed by atoms with Crippen molar-refractivity contribution in [1.29, 1.82) is 0 Å². The third-order valence-corrected chi connectivity index (χ3v) is 3.68. The Morgan fingerprint density at radius 2 is 1.76 bits per heavy atom. The molecule has 2 unspecified atom stereocenters. The summed E-state index contributed by atoms with van der Waals surface area (Å²) in [5.74, 6) is 0.660. The maximum Gasteiger partial charge on any atom is 0.246 e. The fourth-order valence-corrected chi connectivity index (χ4v) is 2.61. The summed E-state index contributed by atoms with van der Waals surface area (Å²) in [6.45, 7) is 7.92. The molecule has 96 valence electrons. The van der Waals surface area contributed by atoms with Gasteiger partial charge >= 0.3 is 0 Å². The molecule has 0 aromatic carbocycles. The van der Waals surface area contributed by atoms with E-state index in [1.165, 1.54) is 0 Å². The summed E-state index contributed by atoms with van der Waals surface area (Å²) in [5.41, 5.74) is 0. The van der Waals surface area contributed by atoms with E-state index in [9.17, 15) is 9.59 Å². The standard InChI is InChI=1S/C13H22N2O2/c1-7(2)10-13(17)15(8(3)4)11(9-5-6-9)12(16)14-10/h7-11H,5-6H2,1-4H3,(H,14,16). The SMILES string of the molecule is CC(C)C1NC(=O)C(C2CC2)N(C(C)C)C1=O. The second-order valence-electron chi connectivity index (χ2n) is 5.85. The normalized spacial score (nSPS) is 30.1. The van der Waals surface area contributed by atoms with Gasteiger partial charge in [-0.05, 0) is 38.5 Å². The molecule has 17 heavy (non-hydrogen) atoms. The van der Waals surface area contributed by atoms with Crippen LogP contribution in [0.2, 0.25) is 0 Å². The van der Waals surface area contributed by atoms with Gasteiger partial charge in [0, 0.05) is 6.04 Å². The average Bonchev–Trinajstić information content (AvgIpc) is 3.02. The fourth-order valence-electron chi connectivity index (χ4n) is 2.61. The maximum absolute atomic E-state index is 12.4. The van der Waals surface area contributed by atoms with Crippen LogP contribution in [-0.2, 0) is 9.59 Å². The minimum Gasteiger partial charge on any atom is -0.342 e. The molecule has 2 atom stereocenters. The van der Waals surface area contributed by atoms with Gasteiger partial charge in [-0.25, -0.2) is 0 Å². The van der Waals surface area contributed by atoms with Crippen LogP contribution in [0.5, 0.6) is 0 Å². The quantitative estimate of drug-likeness (QED) is 0.802. The van der Waals surface area contributed by atoms with Gasteiger partial charge in [0.1, 0.15) is 12.1 Å². The van der Waals surface area contributed by atoms with Crippen LogP contribution in [0.4, 0.5) is 0 Å². The zero-order valence-electron chi connectivity index (χ0n) is 11.1. The number of carbonyl (C=O) groups is 2. The highest BCUT2D eigenvalue weighted by molar-refractivity contribution is 5.97. The van der Waals surface area contributed by atoms with Crippen LogP contribution in [0, 0.1) is 11.8 Å². The molecule has 0 bridgehead atoms. The molecule has 1 aliphatic heterocycles. The number of nitrogens with one attached hydrogen (secondary N) is 1. The summed E-state index contributed by atoms with van der Waals surface area (Å²) in [6, 6.07) is -0.474. The van der Waals surface area contributed by atoms with Crippen molar-refractivity contribution in [1.82, 2.24) is 10.2 Å². The van der Waals surface area contributed by atoms with Gasteiger partial charge in [0.05, 0.1) is 0 Å². The summed E-state index contributed by atoms with van der Waals surface area (Å²) in [4.78, 5) is 26.4. The lowest BCUT2D eigenvalue weighted by atomic mass is 9.95. The first-order chi connectivity index (χ1) is 7.93. The third-order valence-electron chi connectivity index (χ3n) is 3.68. The molecule has 2 rings (SSSR count). The average molecular weight is 238 g/mol. The Kier molecular flexibility index (Phi) is 3.15. The molecule has 4 heteroatoms. The van der Waals surface area contributed by atoms with Crippen LogP contribution in [0.3, 0.4) is 0 Å². The highest BCUT2D eigenvalue weighted by Crippen LogP contribution is 2.38. The zero-order chi connectivity index (χ0) is 12.7. The second kappa shape index (κ2) is 4.31. The van der Waals surface area contributed by atoms with Crippen molar-refractivity contribution in [2.75, 3.05) is 0 Å². The number of hydrogen-bond donors (Lipinski definition) is 1. The van der Waals surface area contributed by atoms with E-state index in [1.807, 2.05) is 27.7 Å². The van der Waals surface area contributed by atoms with Crippen LogP contribution < -0.4 is 5.32 Å². The predicted octanol–water partition coefficient (Wildman–Crippen LogP) is 1.16. The summed E-state index contributed by atoms with van der Waals surface area (Å²) in [6.07, 6.45) is 2.14. The molecule has 0 aromatic heterocycles. The first-order valence-corrected chi connectivity index (χ1v) is 6.56. The molecule has 1 saturated carbocycles. The largest absolute Gasteiger partial charge is 0.342 e. The lowest BCUT2D eigenvalue weighted by molar-refractivity contribution is -0.153. The lowest BCUT2D eigenvalue weighted by Crippen LogP contribution is -2.66. The van der Waals surface area contributed by atoms with Crippen molar-refractivity contribution < 1.29 is 9.59 Å². The van der Waals surface area contributed by atoms with E-state index in [-0.39, 0.29) is 35.9 Å². The number of rotatable bonds is 3. The van der Waals surface area contributed by atoms with E-state index in [0.717, 1.165) is 12.8 Å². The van der Waals surface area contributed by atoms with Gasteiger partial charge in [0.15, 0.2) is 0 Å². The van der Waals surface area contributed by atoms with Crippen LogP contribution >= 0.6 is 0 Å². The van der Waals surface area contributed by atoms with E-state index in [1.54, 1.807) is 4.90 Å². The van der Waals surface area contributed by atoms with Crippen molar-refractivity contribution in [3.63, 3.8) is 0 Å². The number of piperazine rings is 1. The number of hydrogen-bond acceptors (Lipinski definition) is 2. The predicted molar refractivity (Wildman–Crippen MR) is 65.3 cm³/mol. The Bertz CT molecular complexity index is 334. The highest BCUT2D eigenvalue weighted by atomic mass is 16.2. The molecule has 2 amide bonds. The first-order valence-electron chi connectivity index (χ1n) is 6.56. The van der Waals surface area contributed by atoms with Gasteiger partial charge in [0.25, 0.3) is 0 Å². The van der Waals surface area contributed by atoms with E-state index in [2.05, 4.69) is 5.32 Å². The molecule has 0 aromatic rings. The van der Waals surface area contributed by atoms with Crippen molar-refractivity contribution >= 4 is 11.8 Å². The molecule has 2 fully saturated rings. The molecule has 1 saturated heterocycles. The summed E-state index contributed by atoms with van der Waals surface area (Å²) in [7, 11) is 0. The van der Waals surface area contributed by atoms with E-state index < -0.39 is 0 Å². The lowest BCUT2D eigenvalue weighted by Gasteiger charge is -2.42. The van der Waals surface area contributed by atoms with Gasteiger partial charge in [-0.2, -0.15) is 0 Å². The van der Waals surface area contributed by atoms with Crippen LogP contribution in [0.25, 0.3) is 0 Å². The summed E-state index contributed by atoms with van der Waals surface area (Å²) >= 11 is 0. The number of carbonyl (C=O) groups excluding carboxylic acids is 2. The Balaban J connectivity index is 2.25. The van der Waals surface area contributed by atoms with Gasteiger partial charge in [-0.1, -0.05) is 13.8 Å². The Morgan fingerprint density at radius 1 is 1.18 bits per heavy atom. The molecular formula is C13H22N2O2. The maximum atomic E-state index is 12.4. The smallest absolute Gasteiger partial charge is 0.246 e.